The number of piperazine rings is 1. The van der Waals surface area contributed by atoms with E-state index in [9.17, 15) is 0 Å². The van der Waals surface area contributed by atoms with E-state index in [0.717, 1.165) is 19.0 Å². The first kappa shape index (κ1) is 9.36. The fourth-order valence-corrected chi connectivity index (χ4v) is 2.64. The molecule has 0 saturated carbocycles. The van der Waals surface area contributed by atoms with Crippen molar-refractivity contribution in [2.24, 2.45) is 0 Å². The molecule has 80 valence electrons. The lowest BCUT2D eigenvalue weighted by Gasteiger charge is -2.35. The number of rotatable bonds is 1. The highest BCUT2D eigenvalue weighted by molar-refractivity contribution is 6.30. The Bertz CT molecular complexity index is 337. The molecule has 5 heteroatoms. The Morgan fingerprint density at radius 2 is 1.80 bits per heavy atom. The summed E-state index contributed by atoms with van der Waals surface area (Å²) in [7, 11) is 0. The second kappa shape index (κ2) is 3.61. The van der Waals surface area contributed by atoms with Gasteiger partial charge in [-0.1, -0.05) is 11.6 Å². The highest BCUT2D eigenvalue weighted by Crippen LogP contribution is 2.29. The largest absolute Gasteiger partial charge is 0.332 e. The summed E-state index contributed by atoms with van der Waals surface area (Å²) in [5.41, 5.74) is 0. The van der Waals surface area contributed by atoms with Crippen LogP contribution in [0.2, 0.25) is 5.02 Å². The lowest BCUT2D eigenvalue weighted by Crippen LogP contribution is -2.52. The van der Waals surface area contributed by atoms with Crippen LogP contribution in [0.15, 0.2) is 12.4 Å². The molecule has 1 aromatic heterocycles. The number of hydrogen-bond donors (Lipinski definition) is 1. The molecule has 3 rings (SSSR count). The molecule has 0 radical (unpaired) electrons. The molecule has 2 aliphatic rings. The van der Waals surface area contributed by atoms with Crippen LogP contribution in [0.5, 0.6) is 0 Å². The highest BCUT2D eigenvalue weighted by Gasteiger charge is 2.37. The van der Waals surface area contributed by atoms with Gasteiger partial charge in [-0.15, -0.1) is 0 Å². The fraction of sp³-hybridized carbons (Fsp3) is 0.600. The molecule has 2 fully saturated rings. The second-order valence-corrected chi connectivity index (χ2v) is 4.59. The first-order valence-corrected chi connectivity index (χ1v) is 5.69. The van der Waals surface area contributed by atoms with E-state index in [1.165, 1.54) is 12.8 Å². The van der Waals surface area contributed by atoms with Crippen LogP contribution in [0.1, 0.15) is 12.8 Å². The minimum absolute atomic E-state index is 0.560. The van der Waals surface area contributed by atoms with Gasteiger partial charge < -0.3 is 10.2 Å². The summed E-state index contributed by atoms with van der Waals surface area (Å²) in [5.74, 6) is 0.827. The normalized spacial score (nSPS) is 29.5. The minimum atomic E-state index is 0.560. The Hall–Kier alpha value is -0.870. The second-order valence-electron chi connectivity index (χ2n) is 4.15. The van der Waals surface area contributed by atoms with Gasteiger partial charge in [0.15, 0.2) is 0 Å². The number of nitrogens with zero attached hydrogens (tertiary/aromatic N) is 3. The van der Waals surface area contributed by atoms with E-state index in [1.807, 2.05) is 0 Å². The van der Waals surface area contributed by atoms with Crippen molar-refractivity contribution in [2.45, 2.75) is 24.9 Å². The maximum Gasteiger partial charge on any atom is 0.225 e. The van der Waals surface area contributed by atoms with Crippen molar-refractivity contribution in [1.29, 1.82) is 0 Å². The monoisotopic (exact) mass is 224 g/mol. The molecule has 2 atom stereocenters. The van der Waals surface area contributed by atoms with Crippen LogP contribution in [0.3, 0.4) is 0 Å². The molecule has 15 heavy (non-hydrogen) atoms. The lowest BCUT2D eigenvalue weighted by atomic mass is 10.2. The number of hydrogen-bond acceptors (Lipinski definition) is 4. The highest BCUT2D eigenvalue weighted by atomic mass is 35.5. The molecule has 2 unspecified atom stereocenters. The number of halogens is 1. The molecule has 4 nitrogen and oxygen atoms in total. The maximum absolute atomic E-state index is 5.78. The van der Waals surface area contributed by atoms with Crippen molar-refractivity contribution in [2.75, 3.05) is 18.0 Å². The molecular formula is C10H13ClN4. The summed E-state index contributed by atoms with van der Waals surface area (Å²) in [5, 5.41) is 4.03. The number of nitrogens with one attached hydrogen (secondary N) is 1. The van der Waals surface area contributed by atoms with Crippen molar-refractivity contribution >= 4 is 17.5 Å². The standard InChI is InChI=1S/C10H13ClN4/c11-7-3-13-10(14-4-7)15-8-1-2-9(15)6-12-5-8/h3-4,8-9,12H,1-2,5-6H2. The van der Waals surface area contributed by atoms with E-state index >= 15 is 0 Å². The Balaban J connectivity index is 1.90. The quantitative estimate of drug-likeness (QED) is 0.775. The van der Waals surface area contributed by atoms with Gasteiger partial charge in [-0.2, -0.15) is 0 Å². The van der Waals surface area contributed by atoms with Gasteiger partial charge in [0.25, 0.3) is 0 Å². The Morgan fingerprint density at radius 1 is 1.20 bits per heavy atom. The van der Waals surface area contributed by atoms with E-state index in [2.05, 4.69) is 20.2 Å². The average Bonchev–Trinajstić information content (AvgIpc) is 2.51. The molecule has 2 aliphatic heterocycles. The van der Waals surface area contributed by atoms with E-state index in [4.69, 9.17) is 11.6 Å². The van der Waals surface area contributed by atoms with Crippen LogP contribution >= 0.6 is 11.6 Å². The molecule has 0 aliphatic carbocycles. The average molecular weight is 225 g/mol. The van der Waals surface area contributed by atoms with Gasteiger partial charge in [0.1, 0.15) is 0 Å². The van der Waals surface area contributed by atoms with Crippen LogP contribution in [0.25, 0.3) is 0 Å². The van der Waals surface area contributed by atoms with Gasteiger partial charge >= 0.3 is 0 Å². The molecule has 1 N–H and O–H groups in total. The van der Waals surface area contributed by atoms with E-state index < -0.39 is 0 Å². The van der Waals surface area contributed by atoms with Crippen LogP contribution in [-0.2, 0) is 0 Å². The zero-order valence-corrected chi connectivity index (χ0v) is 9.11. The summed E-state index contributed by atoms with van der Waals surface area (Å²) in [6.07, 6.45) is 5.82. The fourth-order valence-electron chi connectivity index (χ4n) is 2.54. The summed E-state index contributed by atoms with van der Waals surface area (Å²) in [6, 6.07) is 1.12. The van der Waals surface area contributed by atoms with Crippen molar-refractivity contribution in [3.63, 3.8) is 0 Å². The van der Waals surface area contributed by atoms with Gasteiger partial charge in [0.05, 0.1) is 17.4 Å². The topological polar surface area (TPSA) is 41.1 Å². The van der Waals surface area contributed by atoms with Crippen LogP contribution in [0.4, 0.5) is 5.95 Å². The van der Waals surface area contributed by atoms with Gasteiger partial charge in [-0.05, 0) is 12.8 Å². The first-order chi connectivity index (χ1) is 7.34. The molecule has 1 aromatic rings. The van der Waals surface area contributed by atoms with Crippen molar-refractivity contribution in [3.05, 3.63) is 17.4 Å². The minimum Gasteiger partial charge on any atom is -0.332 e. The first-order valence-electron chi connectivity index (χ1n) is 5.31. The van der Waals surface area contributed by atoms with Gasteiger partial charge in [0.2, 0.25) is 5.95 Å². The summed E-state index contributed by atoms with van der Waals surface area (Å²) < 4.78 is 0. The number of fused-ring (bicyclic) bond motifs is 2. The molecule has 0 spiro atoms. The molecule has 3 heterocycles. The van der Waals surface area contributed by atoms with Gasteiger partial charge in [-0.25, -0.2) is 9.97 Å². The molecule has 0 aromatic carbocycles. The predicted octanol–water partition coefficient (Wildman–Crippen LogP) is 1.07. The van der Waals surface area contributed by atoms with Crippen molar-refractivity contribution in [1.82, 2.24) is 15.3 Å². The summed E-state index contributed by atoms with van der Waals surface area (Å²) >= 11 is 5.78. The number of anilines is 1. The van der Waals surface area contributed by atoms with E-state index in [0.29, 0.717) is 17.1 Å². The SMILES string of the molecule is Clc1cnc(N2C3CCC2CNC3)nc1. The molecule has 2 bridgehead atoms. The smallest absolute Gasteiger partial charge is 0.225 e. The molecule has 0 amide bonds. The third kappa shape index (κ3) is 1.58. The Kier molecular flexibility index (Phi) is 2.25. The van der Waals surface area contributed by atoms with Crippen LogP contribution in [-0.4, -0.2) is 35.1 Å². The van der Waals surface area contributed by atoms with Gasteiger partial charge in [0, 0.05) is 25.2 Å². The predicted molar refractivity (Wildman–Crippen MR) is 59.2 cm³/mol. The van der Waals surface area contributed by atoms with Crippen LogP contribution < -0.4 is 10.2 Å². The summed E-state index contributed by atoms with van der Waals surface area (Å²) in [4.78, 5) is 10.9. The third-order valence-electron chi connectivity index (χ3n) is 3.22. The molecule has 2 saturated heterocycles. The third-order valence-corrected chi connectivity index (χ3v) is 3.41. The maximum atomic E-state index is 5.78. The van der Waals surface area contributed by atoms with E-state index in [-0.39, 0.29) is 0 Å². The Morgan fingerprint density at radius 3 is 2.40 bits per heavy atom. The summed E-state index contributed by atoms with van der Waals surface area (Å²) in [6.45, 7) is 2.09. The number of aromatic nitrogens is 2. The van der Waals surface area contributed by atoms with E-state index in [1.54, 1.807) is 12.4 Å². The van der Waals surface area contributed by atoms with Gasteiger partial charge in [-0.3, -0.25) is 0 Å². The molecular weight excluding hydrogens is 212 g/mol. The van der Waals surface area contributed by atoms with Crippen molar-refractivity contribution in [3.8, 4) is 0 Å². The zero-order chi connectivity index (χ0) is 10.3. The lowest BCUT2D eigenvalue weighted by molar-refractivity contribution is 0.477. The van der Waals surface area contributed by atoms with Crippen LogP contribution in [0, 0.1) is 0 Å². The zero-order valence-electron chi connectivity index (χ0n) is 8.36. The Labute approximate surface area is 93.7 Å². The van der Waals surface area contributed by atoms with Crippen molar-refractivity contribution < 1.29 is 0 Å².